The monoisotopic (exact) mass is 378 g/mol. The summed E-state index contributed by atoms with van der Waals surface area (Å²) in [5.74, 6) is -0.107. The van der Waals surface area contributed by atoms with E-state index in [-0.39, 0.29) is 24.7 Å². The summed E-state index contributed by atoms with van der Waals surface area (Å²) in [6.07, 6.45) is 1.53. The summed E-state index contributed by atoms with van der Waals surface area (Å²) in [6.45, 7) is 4.08. The highest BCUT2D eigenvalue weighted by molar-refractivity contribution is 5.89. The fourth-order valence-corrected chi connectivity index (χ4v) is 3.04. The minimum Gasteiger partial charge on any atom is -0.492 e. The number of hydrogen-bond donors (Lipinski definition) is 3. The maximum absolute atomic E-state index is 12.2. The number of hydrogen-bond acceptors (Lipinski definition) is 5. The van der Waals surface area contributed by atoms with Crippen LogP contribution in [0.15, 0.2) is 24.3 Å². The van der Waals surface area contributed by atoms with E-state index in [4.69, 9.17) is 9.84 Å². The Kier molecular flexibility index (Phi) is 7.87. The van der Waals surface area contributed by atoms with E-state index in [1.165, 1.54) is 0 Å². The second-order valence-electron chi connectivity index (χ2n) is 7.06. The van der Waals surface area contributed by atoms with Crippen molar-refractivity contribution in [3.8, 4) is 5.75 Å². The summed E-state index contributed by atoms with van der Waals surface area (Å²) < 4.78 is 5.67. The van der Waals surface area contributed by atoms with Gasteiger partial charge in [0.25, 0.3) is 0 Å². The van der Waals surface area contributed by atoms with Gasteiger partial charge in [-0.25, -0.2) is 4.79 Å². The van der Waals surface area contributed by atoms with Gasteiger partial charge in [-0.05, 0) is 45.6 Å². The highest BCUT2D eigenvalue weighted by Gasteiger charge is 2.34. The number of carboxylic acid groups (broad SMARTS) is 1. The predicted octanol–water partition coefficient (Wildman–Crippen LogP) is 1.69. The average Bonchev–Trinajstić information content (AvgIpc) is 2.56. The lowest BCUT2D eigenvalue weighted by molar-refractivity contribution is -0.139. The van der Waals surface area contributed by atoms with E-state index in [0.717, 1.165) is 19.4 Å². The summed E-state index contributed by atoms with van der Waals surface area (Å²) in [6, 6.07) is 7.33. The second-order valence-corrected chi connectivity index (χ2v) is 7.06. The number of likely N-dealkylation sites (N-methyl/N-ethyl adjacent to an activating group) is 2. The summed E-state index contributed by atoms with van der Waals surface area (Å²) in [4.78, 5) is 27.0. The van der Waals surface area contributed by atoms with Gasteiger partial charge in [-0.3, -0.25) is 9.69 Å². The van der Waals surface area contributed by atoms with Gasteiger partial charge in [0, 0.05) is 30.4 Å². The normalized spacial score (nSPS) is 18.9. The number of amides is 2. The van der Waals surface area contributed by atoms with E-state index in [1.54, 1.807) is 6.07 Å². The number of aliphatic carboxylic acids is 1. The maximum Gasteiger partial charge on any atom is 0.319 e. The molecular weight excluding hydrogens is 348 g/mol. The molecule has 0 radical (unpaired) electrons. The van der Waals surface area contributed by atoms with Gasteiger partial charge in [0.1, 0.15) is 12.4 Å². The Balaban J connectivity index is 1.74. The Morgan fingerprint density at radius 1 is 1.30 bits per heavy atom. The number of nitrogens with one attached hydrogen (secondary N) is 2. The van der Waals surface area contributed by atoms with Gasteiger partial charge in [0.05, 0.1) is 6.54 Å². The van der Waals surface area contributed by atoms with Gasteiger partial charge >= 0.3 is 12.0 Å². The molecule has 0 spiro atoms. The highest BCUT2D eigenvalue weighted by Crippen LogP contribution is 2.25. The topological polar surface area (TPSA) is 94.1 Å². The number of urea groups is 1. The van der Waals surface area contributed by atoms with Crippen molar-refractivity contribution in [1.82, 2.24) is 15.1 Å². The molecule has 0 saturated heterocycles. The molecule has 2 rings (SSSR count). The molecule has 8 nitrogen and oxygen atoms in total. The molecule has 150 valence electrons. The zero-order valence-corrected chi connectivity index (χ0v) is 16.3. The van der Waals surface area contributed by atoms with Crippen LogP contribution in [0.3, 0.4) is 0 Å². The van der Waals surface area contributed by atoms with E-state index in [9.17, 15) is 9.59 Å². The molecule has 3 N–H and O–H groups in total. The smallest absolute Gasteiger partial charge is 0.319 e. The first-order valence-corrected chi connectivity index (χ1v) is 9.28. The number of benzene rings is 1. The molecule has 1 aromatic carbocycles. The first kappa shape index (κ1) is 21.0. The fraction of sp³-hybridized carbons (Fsp3) is 0.579. The molecule has 0 heterocycles. The van der Waals surface area contributed by atoms with Gasteiger partial charge in [0.15, 0.2) is 0 Å². The fourth-order valence-electron chi connectivity index (χ4n) is 3.04. The molecule has 1 saturated carbocycles. The third-order valence-corrected chi connectivity index (χ3v) is 4.61. The zero-order valence-electron chi connectivity index (χ0n) is 16.3. The quantitative estimate of drug-likeness (QED) is 0.574. The number of carbonyl (C=O) groups is 2. The van der Waals surface area contributed by atoms with Crippen LogP contribution in [0.5, 0.6) is 5.75 Å². The van der Waals surface area contributed by atoms with Crippen molar-refractivity contribution < 1.29 is 19.4 Å². The molecular formula is C19H30N4O4. The van der Waals surface area contributed by atoms with Crippen LogP contribution in [0, 0.1) is 0 Å². The van der Waals surface area contributed by atoms with Crippen molar-refractivity contribution in [2.75, 3.05) is 45.7 Å². The number of rotatable bonds is 10. The molecule has 1 aliphatic carbocycles. The summed E-state index contributed by atoms with van der Waals surface area (Å²) >= 11 is 0. The van der Waals surface area contributed by atoms with Crippen LogP contribution in [0.4, 0.5) is 10.5 Å². The minimum absolute atomic E-state index is 0.0424. The van der Waals surface area contributed by atoms with Gasteiger partial charge in [-0.1, -0.05) is 13.0 Å². The van der Waals surface area contributed by atoms with Crippen molar-refractivity contribution in [3.05, 3.63) is 24.3 Å². The maximum atomic E-state index is 12.2. The molecule has 27 heavy (non-hydrogen) atoms. The molecule has 1 aliphatic rings. The standard InChI is InChI=1S/C19H30N4O4/c1-4-23(13-18(24)25)16-10-15(11-16)21-19(26)20-14-6-5-7-17(12-14)27-9-8-22(2)3/h5-7,12,15-16H,4,8-11,13H2,1-3H3,(H,24,25)(H2,20,21,26). The lowest BCUT2D eigenvalue weighted by Gasteiger charge is -2.42. The highest BCUT2D eigenvalue weighted by atomic mass is 16.5. The van der Waals surface area contributed by atoms with Crippen molar-refractivity contribution in [2.24, 2.45) is 0 Å². The minimum atomic E-state index is -0.821. The molecule has 0 atom stereocenters. The summed E-state index contributed by atoms with van der Waals surface area (Å²) in [5, 5.41) is 14.7. The molecule has 1 fully saturated rings. The Bertz CT molecular complexity index is 632. The number of carboxylic acids is 1. The van der Waals surface area contributed by atoms with E-state index in [2.05, 4.69) is 10.6 Å². The van der Waals surface area contributed by atoms with Crippen LogP contribution in [0.1, 0.15) is 19.8 Å². The zero-order chi connectivity index (χ0) is 19.8. The number of ether oxygens (including phenoxy) is 1. The summed E-state index contributed by atoms with van der Waals surface area (Å²) in [5.41, 5.74) is 0.673. The average molecular weight is 378 g/mol. The second kappa shape index (κ2) is 10.1. The van der Waals surface area contributed by atoms with E-state index in [1.807, 2.05) is 49.0 Å². The van der Waals surface area contributed by atoms with Crippen LogP contribution < -0.4 is 15.4 Å². The van der Waals surface area contributed by atoms with Crippen LogP contribution in [0.2, 0.25) is 0 Å². The molecule has 1 aromatic rings. The molecule has 0 bridgehead atoms. The number of carbonyl (C=O) groups excluding carboxylic acids is 1. The number of nitrogens with zero attached hydrogens (tertiary/aromatic N) is 2. The Hall–Kier alpha value is -2.32. The van der Waals surface area contributed by atoms with Gasteiger partial charge in [-0.15, -0.1) is 0 Å². The van der Waals surface area contributed by atoms with Crippen molar-refractivity contribution in [2.45, 2.75) is 31.8 Å². The van der Waals surface area contributed by atoms with Gasteiger partial charge in [0.2, 0.25) is 0 Å². The predicted molar refractivity (Wildman–Crippen MR) is 104 cm³/mol. The van der Waals surface area contributed by atoms with Crippen molar-refractivity contribution in [1.29, 1.82) is 0 Å². The molecule has 0 aliphatic heterocycles. The molecule has 0 unspecified atom stereocenters. The van der Waals surface area contributed by atoms with Gasteiger partial charge < -0.3 is 25.4 Å². The SMILES string of the molecule is CCN(CC(=O)O)C1CC(NC(=O)Nc2cccc(OCCN(C)C)c2)C1. The molecule has 8 heteroatoms. The first-order valence-electron chi connectivity index (χ1n) is 9.28. The first-order chi connectivity index (χ1) is 12.9. The van der Waals surface area contributed by atoms with E-state index < -0.39 is 5.97 Å². The van der Waals surface area contributed by atoms with E-state index in [0.29, 0.717) is 24.6 Å². The van der Waals surface area contributed by atoms with Crippen LogP contribution >= 0.6 is 0 Å². The Morgan fingerprint density at radius 2 is 2.04 bits per heavy atom. The Morgan fingerprint density at radius 3 is 2.67 bits per heavy atom. The van der Waals surface area contributed by atoms with Crippen LogP contribution in [-0.4, -0.2) is 79.3 Å². The third-order valence-electron chi connectivity index (χ3n) is 4.61. The lowest BCUT2D eigenvalue weighted by atomic mass is 9.85. The lowest BCUT2D eigenvalue weighted by Crippen LogP contribution is -2.55. The van der Waals surface area contributed by atoms with Crippen molar-refractivity contribution >= 4 is 17.7 Å². The number of anilines is 1. The van der Waals surface area contributed by atoms with Gasteiger partial charge in [-0.2, -0.15) is 0 Å². The molecule has 2 amide bonds. The summed E-state index contributed by atoms with van der Waals surface area (Å²) in [7, 11) is 3.97. The van der Waals surface area contributed by atoms with Crippen LogP contribution in [0.25, 0.3) is 0 Å². The largest absolute Gasteiger partial charge is 0.492 e. The van der Waals surface area contributed by atoms with Crippen LogP contribution in [-0.2, 0) is 4.79 Å². The molecule has 0 aromatic heterocycles. The van der Waals surface area contributed by atoms with E-state index >= 15 is 0 Å². The van der Waals surface area contributed by atoms with Crippen molar-refractivity contribution in [3.63, 3.8) is 0 Å². The third kappa shape index (κ3) is 7.07. The Labute approximate surface area is 160 Å².